The van der Waals surface area contributed by atoms with Crippen molar-refractivity contribution in [1.29, 1.82) is 0 Å². The monoisotopic (exact) mass is 302 g/mol. The summed E-state index contributed by atoms with van der Waals surface area (Å²) >= 11 is 0. The van der Waals surface area contributed by atoms with Gasteiger partial charge in [-0.15, -0.1) is 0 Å². The number of hydrogen-bond acceptors (Lipinski definition) is 3. The van der Waals surface area contributed by atoms with Crippen LogP contribution in [-0.2, 0) is 20.9 Å². The molecule has 22 heavy (non-hydrogen) atoms. The predicted octanol–water partition coefficient (Wildman–Crippen LogP) is 0.768. The van der Waals surface area contributed by atoms with E-state index in [1.54, 1.807) is 4.90 Å². The van der Waals surface area contributed by atoms with Crippen LogP contribution < -0.4 is 5.32 Å². The van der Waals surface area contributed by atoms with Crippen molar-refractivity contribution in [1.82, 2.24) is 10.2 Å². The topological polar surface area (TPSA) is 86.7 Å². The Morgan fingerprint density at radius 3 is 2.55 bits per heavy atom. The number of benzene rings is 1. The maximum atomic E-state index is 12.2. The summed E-state index contributed by atoms with van der Waals surface area (Å²) in [7, 11) is 0. The van der Waals surface area contributed by atoms with Crippen LogP contribution in [0, 0.1) is 5.92 Å². The number of carbonyl (C=O) groups excluding carboxylic acids is 2. The fourth-order valence-electron chi connectivity index (χ4n) is 2.76. The second-order valence-corrected chi connectivity index (χ2v) is 6.04. The van der Waals surface area contributed by atoms with E-state index in [-0.39, 0.29) is 18.2 Å². The Labute approximate surface area is 128 Å². The number of likely N-dealkylation sites (tertiary alicyclic amines) is 1. The molecule has 3 rings (SSSR count). The van der Waals surface area contributed by atoms with Crippen LogP contribution in [0.2, 0.25) is 0 Å². The molecular weight excluding hydrogens is 284 g/mol. The van der Waals surface area contributed by atoms with E-state index in [0.717, 1.165) is 5.56 Å². The Morgan fingerprint density at radius 1 is 1.27 bits per heavy atom. The highest BCUT2D eigenvalue weighted by Crippen LogP contribution is 2.36. The number of amides is 2. The van der Waals surface area contributed by atoms with Gasteiger partial charge in [0, 0.05) is 19.5 Å². The standard InChI is InChI=1S/C16H18N2O4/c19-13-8-12(14(20)17-16(6-7-16)15(21)22)10-18(13)9-11-4-2-1-3-5-11/h1-5,12H,6-10H2,(H,17,20)(H,21,22)/t12-/m0/s1. The smallest absolute Gasteiger partial charge is 0.329 e. The number of nitrogens with one attached hydrogen (secondary N) is 1. The first-order valence-electron chi connectivity index (χ1n) is 7.37. The van der Waals surface area contributed by atoms with Crippen LogP contribution >= 0.6 is 0 Å². The molecule has 2 aliphatic rings. The Bertz CT molecular complexity index is 610. The van der Waals surface area contributed by atoms with E-state index >= 15 is 0 Å². The Balaban J connectivity index is 1.60. The third-order valence-corrected chi connectivity index (χ3v) is 4.32. The van der Waals surface area contributed by atoms with Crippen molar-refractivity contribution in [3.05, 3.63) is 35.9 Å². The van der Waals surface area contributed by atoms with Gasteiger partial charge in [-0.2, -0.15) is 0 Å². The fourth-order valence-corrected chi connectivity index (χ4v) is 2.76. The number of carboxylic acids is 1. The molecule has 1 saturated heterocycles. The van der Waals surface area contributed by atoms with E-state index in [9.17, 15) is 14.4 Å². The number of aliphatic carboxylic acids is 1. The summed E-state index contributed by atoms with van der Waals surface area (Å²) in [6, 6.07) is 9.59. The zero-order valence-electron chi connectivity index (χ0n) is 12.1. The van der Waals surface area contributed by atoms with Crippen LogP contribution in [-0.4, -0.2) is 39.9 Å². The molecule has 0 bridgehead atoms. The molecule has 116 valence electrons. The molecule has 1 atom stereocenters. The van der Waals surface area contributed by atoms with Gasteiger partial charge in [-0.05, 0) is 18.4 Å². The third-order valence-electron chi connectivity index (χ3n) is 4.32. The molecule has 1 aromatic carbocycles. The van der Waals surface area contributed by atoms with Crippen LogP contribution in [0.1, 0.15) is 24.8 Å². The summed E-state index contributed by atoms with van der Waals surface area (Å²) in [4.78, 5) is 37.0. The van der Waals surface area contributed by atoms with Gasteiger partial charge in [-0.1, -0.05) is 30.3 Å². The van der Waals surface area contributed by atoms with Crippen molar-refractivity contribution in [2.45, 2.75) is 31.3 Å². The van der Waals surface area contributed by atoms with Crippen molar-refractivity contribution < 1.29 is 19.5 Å². The van der Waals surface area contributed by atoms with Gasteiger partial charge < -0.3 is 15.3 Å². The molecule has 2 N–H and O–H groups in total. The van der Waals surface area contributed by atoms with Crippen LogP contribution in [0.15, 0.2) is 30.3 Å². The summed E-state index contributed by atoms with van der Waals surface area (Å²) in [6.45, 7) is 0.822. The van der Waals surface area contributed by atoms with Crippen LogP contribution in [0.4, 0.5) is 0 Å². The lowest BCUT2D eigenvalue weighted by Crippen LogP contribution is -2.46. The van der Waals surface area contributed by atoms with Crippen molar-refractivity contribution in [3.8, 4) is 0 Å². The summed E-state index contributed by atoms with van der Waals surface area (Å²) < 4.78 is 0. The van der Waals surface area contributed by atoms with Crippen molar-refractivity contribution >= 4 is 17.8 Å². The number of carbonyl (C=O) groups is 3. The minimum Gasteiger partial charge on any atom is -0.480 e. The first kappa shape index (κ1) is 14.6. The van der Waals surface area contributed by atoms with Gasteiger partial charge in [0.2, 0.25) is 11.8 Å². The van der Waals surface area contributed by atoms with E-state index in [0.29, 0.717) is 25.9 Å². The molecule has 1 saturated carbocycles. The summed E-state index contributed by atoms with van der Waals surface area (Å²) in [5, 5.41) is 11.7. The molecule has 0 unspecified atom stereocenters. The normalized spacial score (nSPS) is 22.5. The van der Waals surface area contributed by atoms with E-state index in [1.165, 1.54) is 0 Å². The summed E-state index contributed by atoms with van der Waals surface area (Å²) in [6.07, 6.45) is 1.07. The number of nitrogens with zero attached hydrogens (tertiary/aromatic N) is 1. The third kappa shape index (κ3) is 2.81. The minimum atomic E-state index is -1.09. The molecule has 2 amide bonds. The van der Waals surface area contributed by atoms with Crippen LogP contribution in [0.25, 0.3) is 0 Å². The summed E-state index contributed by atoms with van der Waals surface area (Å²) in [5.74, 6) is -1.85. The molecule has 0 aromatic heterocycles. The molecule has 1 aliphatic carbocycles. The van der Waals surface area contributed by atoms with Gasteiger partial charge >= 0.3 is 5.97 Å². The molecule has 1 aliphatic heterocycles. The van der Waals surface area contributed by atoms with Crippen molar-refractivity contribution in [2.75, 3.05) is 6.54 Å². The highest BCUT2D eigenvalue weighted by Gasteiger charge is 2.52. The second kappa shape index (κ2) is 5.44. The maximum absolute atomic E-state index is 12.2. The first-order valence-corrected chi connectivity index (χ1v) is 7.37. The zero-order valence-corrected chi connectivity index (χ0v) is 12.1. The van der Waals surface area contributed by atoms with Gasteiger partial charge in [-0.3, -0.25) is 9.59 Å². The SMILES string of the molecule is O=C(NC1(C(=O)O)CC1)[C@H]1CC(=O)N(Cc2ccccc2)C1. The average molecular weight is 302 g/mol. The molecule has 0 spiro atoms. The Morgan fingerprint density at radius 2 is 1.95 bits per heavy atom. The van der Waals surface area contributed by atoms with Gasteiger partial charge in [0.25, 0.3) is 0 Å². The van der Waals surface area contributed by atoms with E-state index in [2.05, 4.69) is 5.32 Å². The number of hydrogen-bond donors (Lipinski definition) is 2. The minimum absolute atomic E-state index is 0.0656. The molecular formula is C16H18N2O4. The highest BCUT2D eigenvalue weighted by atomic mass is 16.4. The largest absolute Gasteiger partial charge is 0.480 e. The number of rotatable bonds is 5. The molecule has 6 heteroatoms. The average Bonchev–Trinajstić information content (AvgIpc) is 3.19. The number of carboxylic acid groups (broad SMARTS) is 1. The maximum Gasteiger partial charge on any atom is 0.329 e. The molecule has 0 radical (unpaired) electrons. The van der Waals surface area contributed by atoms with E-state index in [4.69, 9.17) is 5.11 Å². The lowest BCUT2D eigenvalue weighted by molar-refractivity contribution is -0.143. The Kier molecular flexibility index (Phi) is 3.60. The van der Waals surface area contributed by atoms with E-state index in [1.807, 2.05) is 30.3 Å². The fraction of sp³-hybridized carbons (Fsp3) is 0.438. The van der Waals surface area contributed by atoms with Gasteiger partial charge in [0.1, 0.15) is 5.54 Å². The van der Waals surface area contributed by atoms with Crippen molar-refractivity contribution in [3.63, 3.8) is 0 Å². The lowest BCUT2D eigenvalue weighted by Gasteiger charge is -2.18. The second-order valence-electron chi connectivity index (χ2n) is 6.04. The van der Waals surface area contributed by atoms with Gasteiger partial charge in [0.15, 0.2) is 0 Å². The summed E-state index contributed by atoms with van der Waals surface area (Å²) in [5.41, 5.74) is -0.0754. The lowest BCUT2D eigenvalue weighted by atomic mass is 10.1. The van der Waals surface area contributed by atoms with Crippen LogP contribution in [0.3, 0.4) is 0 Å². The molecule has 2 fully saturated rings. The van der Waals surface area contributed by atoms with Gasteiger partial charge in [0.05, 0.1) is 5.92 Å². The van der Waals surface area contributed by atoms with Crippen LogP contribution in [0.5, 0.6) is 0 Å². The molecule has 1 aromatic rings. The van der Waals surface area contributed by atoms with Crippen molar-refractivity contribution in [2.24, 2.45) is 5.92 Å². The quantitative estimate of drug-likeness (QED) is 0.841. The predicted molar refractivity (Wildman–Crippen MR) is 77.7 cm³/mol. The van der Waals surface area contributed by atoms with E-state index < -0.39 is 17.4 Å². The molecule has 1 heterocycles. The zero-order chi connectivity index (χ0) is 15.7. The highest BCUT2D eigenvalue weighted by molar-refractivity contribution is 5.94. The van der Waals surface area contributed by atoms with Gasteiger partial charge in [-0.25, -0.2) is 4.79 Å². The first-order chi connectivity index (χ1) is 10.5. The molecule has 6 nitrogen and oxygen atoms in total. The Hall–Kier alpha value is -2.37.